The second kappa shape index (κ2) is 13.0. The van der Waals surface area contributed by atoms with Gasteiger partial charge in [-0.05, 0) is 48.6 Å². The number of likely N-dealkylation sites (tertiary alicyclic amines) is 1. The number of nitrogens with one attached hydrogen (secondary N) is 2. The first kappa shape index (κ1) is 29.2. The number of para-hydroxylation sites is 1. The molecule has 2 aromatic carbocycles. The van der Waals surface area contributed by atoms with E-state index in [0.29, 0.717) is 35.6 Å². The van der Waals surface area contributed by atoms with Crippen LogP contribution >= 0.6 is 23.2 Å². The van der Waals surface area contributed by atoms with Gasteiger partial charge in [-0.1, -0.05) is 41.4 Å². The molecule has 0 aliphatic carbocycles. The van der Waals surface area contributed by atoms with Crippen LogP contribution in [-0.2, 0) is 22.6 Å². The summed E-state index contributed by atoms with van der Waals surface area (Å²) < 4.78 is 0. The number of nitrogens with zero attached hydrogens (tertiary/aromatic N) is 3. The van der Waals surface area contributed by atoms with Crippen molar-refractivity contribution in [3.8, 4) is 5.75 Å². The lowest BCUT2D eigenvalue weighted by atomic mass is 9.96. The summed E-state index contributed by atoms with van der Waals surface area (Å²) in [5, 5.41) is 22.2. The predicted molar refractivity (Wildman–Crippen MR) is 152 cm³/mol. The number of phenolic OH excluding ortho intramolecular Hbond substituents is 1. The van der Waals surface area contributed by atoms with Crippen LogP contribution in [0, 0.1) is 0 Å². The van der Waals surface area contributed by atoms with Crippen LogP contribution in [0.5, 0.6) is 5.75 Å². The number of hydrazine groups is 1. The van der Waals surface area contributed by atoms with Gasteiger partial charge in [0, 0.05) is 37.8 Å². The lowest BCUT2D eigenvalue weighted by Gasteiger charge is -2.29. The number of phenols is 1. The van der Waals surface area contributed by atoms with Crippen molar-refractivity contribution in [3.63, 3.8) is 0 Å². The van der Waals surface area contributed by atoms with E-state index in [2.05, 4.69) is 15.7 Å². The summed E-state index contributed by atoms with van der Waals surface area (Å²) >= 11 is 13.1. The van der Waals surface area contributed by atoms with Crippen LogP contribution in [0.15, 0.2) is 41.4 Å². The molecule has 0 saturated carbocycles. The van der Waals surface area contributed by atoms with Crippen LogP contribution < -0.4 is 16.6 Å². The highest BCUT2D eigenvalue weighted by Crippen LogP contribution is 2.35. The first-order valence-corrected chi connectivity index (χ1v) is 13.5. The third-order valence-electron chi connectivity index (χ3n) is 6.85. The first-order valence-electron chi connectivity index (χ1n) is 12.7. The van der Waals surface area contributed by atoms with E-state index in [9.17, 15) is 24.6 Å². The largest absolute Gasteiger partial charge is 0.507 e. The van der Waals surface area contributed by atoms with Gasteiger partial charge in [-0.25, -0.2) is 15.6 Å². The number of carbonyl (C=O) groups excluding carboxylic acids is 2. The third-order valence-corrected chi connectivity index (χ3v) is 7.56. The molecular weight excluding hydrogens is 559 g/mol. The van der Waals surface area contributed by atoms with Crippen molar-refractivity contribution >= 4 is 53.0 Å². The predicted octanol–water partition coefficient (Wildman–Crippen LogP) is 2.40. The smallest absolute Gasteiger partial charge is 0.328 e. The van der Waals surface area contributed by atoms with Gasteiger partial charge in [-0.2, -0.15) is 0 Å². The zero-order valence-electron chi connectivity index (χ0n) is 21.6. The number of aliphatic imine (C=N–C) groups is 1. The molecule has 2 amide bonds. The van der Waals surface area contributed by atoms with E-state index < -0.39 is 17.9 Å². The summed E-state index contributed by atoms with van der Waals surface area (Å²) in [5.41, 5.74) is 4.33. The van der Waals surface area contributed by atoms with Gasteiger partial charge < -0.3 is 25.3 Å². The Balaban J connectivity index is 1.47. The van der Waals surface area contributed by atoms with Crippen molar-refractivity contribution in [2.75, 3.05) is 26.2 Å². The van der Waals surface area contributed by atoms with Crippen molar-refractivity contribution in [2.24, 2.45) is 10.8 Å². The van der Waals surface area contributed by atoms with Crippen LogP contribution in [0.2, 0.25) is 10.0 Å². The molecule has 1 atom stereocenters. The molecule has 1 fully saturated rings. The van der Waals surface area contributed by atoms with Gasteiger partial charge in [0.1, 0.15) is 11.8 Å². The molecule has 2 aliphatic heterocycles. The average molecular weight is 589 g/mol. The Morgan fingerprint density at radius 1 is 1.12 bits per heavy atom. The molecule has 212 valence electrons. The topological polar surface area (TPSA) is 161 Å². The van der Waals surface area contributed by atoms with Gasteiger partial charge in [-0.3, -0.25) is 15.0 Å². The maximum Gasteiger partial charge on any atom is 0.328 e. The molecule has 6 N–H and O–H groups in total. The third kappa shape index (κ3) is 6.67. The Kier molecular flexibility index (Phi) is 9.51. The number of carboxylic acids is 1. The average Bonchev–Trinajstić information content (AvgIpc) is 3.46. The molecule has 4 rings (SSSR count). The standard InChI is InChI=1S/C27H30Cl2N6O5/c28-19-13-17-15-35(22(37)8-7-16-5-1-2-6-21(16)36)12-9-18(17)24(29)23(19)25(38)32-20(26(39)40)14-31-27(33-30)34-10-3-4-11-34/h1-2,5-8,13,20,36H,3-4,9-12,14-15,30H2,(H,31,33)(H,32,38)(H,39,40)/b8-7+/t20-/m0/s1. The second-order valence-corrected chi connectivity index (χ2v) is 10.2. The number of nitrogens with two attached hydrogens (primary N) is 1. The molecule has 0 radical (unpaired) electrons. The zero-order chi connectivity index (χ0) is 28.8. The number of rotatable bonds is 7. The van der Waals surface area contributed by atoms with E-state index in [0.717, 1.165) is 25.9 Å². The highest BCUT2D eigenvalue weighted by molar-refractivity contribution is 6.40. The summed E-state index contributed by atoms with van der Waals surface area (Å²) in [5.74, 6) is 3.72. The number of hydrogen-bond acceptors (Lipinski definition) is 6. The monoisotopic (exact) mass is 588 g/mol. The Labute approximate surface area is 241 Å². The summed E-state index contributed by atoms with van der Waals surface area (Å²) in [6.45, 7) is 1.82. The normalized spacial score (nSPS) is 16.1. The zero-order valence-corrected chi connectivity index (χ0v) is 23.1. The van der Waals surface area contributed by atoms with Gasteiger partial charge >= 0.3 is 5.97 Å². The van der Waals surface area contributed by atoms with E-state index in [1.165, 1.54) is 12.1 Å². The number of guanidine groups is 1. The quantitative estimate of drug-likeness (QED) is 0.108. The van der Waals surface area contributed by atoms with Gasteiger partial charge in [0.05, 0.1) is 22.2 Å². The fourth-order valence-electron chi connectivity index (χ4n) is 4.70. The van der Waals surface area contributed by atoms with E-state index in [1.54, 1.807) is 35.2 Å². The van der Waals surface area contributed by atoms with E-state index in [4.69, 9.17) is 29.0 Å². The maximum atomic E-state index is 13.1. The van der Waals surface area contributed by atoms with E-state index >= 15 is 0 Å². The number of fused-ring (bicyclic) bond motifs is 1. The van der Waals surface area contributed by atoms with E-state index in [1.807, 2.05) is 4.90 Å². The van der Waals surface area contributed by atoms with Gasteiger partial charge in [0.2, 0.25) is 11.9 Å². The van der Waals surface area contributed by atoms with Crippen LogP contribution in [0.25, 0.3) is 6.08 Å². The molecule has 11 nitrogen and oxygen atoms in total. The molecule has 2 heterocycles. The Morgan fingerprint density at radius 3 is 2.52 bits per heavy atom. The van der Waals surface area contributed by atoms with Crippen molar-refractivity contribution < 1.29 is 24.6 Å². The number of amides is 2. The molecule has 0 unspecified atom stereocenters. The number of aromatic hydroxyl groups is 1. The molecule has 0 bridgehead atoms. The lowest BCUT2D eigenvalue weighted by molar-refractivity contribution is -0.139. The Bertz CT molecular complexity index is 1360. The van der Waals surface area contributed by atoms with Gasteiger partial charge in [0.25, 0.3) is 5.91 Å². The summed E-state index contributed by atoms with van der Waals surface area (Å²) in [4.78, 5) is 45.6. The van der Waals surface area contributed by atoms with Crippen molar-refractivity contribution in [3.05, 3.63) is 68.7 Å². The summed E-state index contributed by atoms with van der Waals surface area (Å²) in [6, 6.07) is 6.91. The summed E-state index contributed by atoms with van der Waals surface area (Å²) in [7, 11) is 0. The minimum atomic E-state index is -1.34. The van der Waals surface area contributed by atoms with Crippen LogP contribution in [0.4, 0.5) is 0 Å². The number of aliphatic carboxylic acids is 1. The molecule has 40 heavy (non-hydrogen) atoms. The molecular formula is C27H30Cl2N6O5. The number of hydrogen-bond donors (Lipinski definition) is 5. The second-order valence-electron chi connectivity index (χ2n) is 9.45. The highest BCUT2D eigenvalue weighted by Gasteiger charge is 2.29. The Morgan fingerprint density at radius 2 is 1.85 bits per heavy atom. The number of benzene rings is 2. The van der Waals surface area contributed by atoms with Crippen LogP contribution in [0.1, 0.15) is 39.9 Å². The number of carboxylic acid groups (broad SMARTS) is 1. The molecule has 2 aromatic rings. The fourth-order valence-corrected chi connectivity index (χ4v) is 5.47. The SMILES string of the molecule is NNC(=NC[C@H](NC(=O)c1c(Cl)cc2c(c1Cl)CCN(C(=O)/C=C/c1ccccc1O)C2)C(=O)O)N1CCCC1. The molecule has 2 aliphatic rings. The van der Waals surface area contributed by atoms with Crippen LogP contribution in [-0.4, -0.2) is 76.0 Å². The molecule has 1 saturated heterocycles. The molecule has 13 heteroatoms. The van der Waals surface area contributed by atoms with Crippen LogP contribution in [0.3, 0.4) is 0 Å². The first-order chi connectivity index (χ1) is 19.2. The Hall–Kier alpha value is -3.80. The van der Waals surface area contributed by atoms with Gasteiger partial charge in [0.15, 0.2) is 0 Å². The maximum absolute atomic E-state index is 13.1. The van der Waals surface area contributed by atoms with Crippen molar-refractivity contribution in [2.45, 2.75) is 31.8 Å². The number of halogens is 2. The fraction of sp³-hybridized carbons (Fsp3) is 0.333. The minimum Gasteiger partial charge on any atom is -0.507 e. The van der Waals surface area contributed by atoms with Gasteiger partial charge in [-0.15, -0.1) is 0 Å². The highest BCUT2D eigenvalue weighted by atomic mass is 35.5. The van der Waals surface area contributed by atoms with E-state index in [-0.39, 0.29) is 40.4 Å². The lowest BCUT2D eigenvalue weighted by Crippen LogP contribution is -2.46. The number of carbonyl (C=O) groups is 3. The van der Waals surface area contributed by atoms with Crippen molar-refractivity contribution in [1.82, 2.24) is 20.5 Å². The van der Waals surface area contributed by atoms with Crippen molar-refractivity contribution in [1.29, 1.82) is 0 Å². The summed E-state index contributed by atoms with van der Waals surface area (Å²) in [6.07, 6.45) is 5.26. The molecule has 0 aromatic heterocycles. The minimum absolute atomic E-state index is 0.0340. The molecule has 0 spiro atoms.